The third-order valence-electron chi connectivity index (χ3n) is 18.7. The maximum absolute atomic E-state index is 11.5. The van der Waals surface area contributed by atoms with E-state index in [-0.39, 0.29) is 34.0 Å². The Morgan fingerprint density at radius 3 is 1.79 bits per heavy atom. The highest BCUT2D eigenvalue weighted by atomic mass is 16.7. The van der Waals surface area contributed by atoms with E-state index in [4.69, 9.17) is 28.4 Å². The molecule has 7 rings (SSSR count). The van der Waals surface area contributed by atoms with E-state index in [1.54, 1.807) is 13.8 Å². The van der Waals surface area contributed by atoms with E-state index in [9.17, 15) is 66.4 Å². The van der Waals surface area contributed by atoms with Gasteiger partial charge in [-0.3, -0.25) is 0 Å². The second-order valence-corrected chi connectivity index (χ2v) is 23.1. The Kier molecular flexibility index (Phi) is 15.9. The van der Waals surface area contributed by atoms with Crippen LogP contribution in [-0.4, -0.2) is 202 Å². The van der Waals surface area contributed by atoms with Gasteiger partial charge in [-0.1, -0.05) is 53.2 Å². The molecule has 3 saturated carbocycles. The molecule has 25 atom stereocenters. The standard InChI is InChI=1S/C48H82O19/c1-21(17-25(51)40(61)45(4,5)67-43-39(60)35(56)32(53)27(19-50)64-43)22-13-14-48(8)29-11-9-23-24(46(29,6)15-16-47(22,48)7)10-12-30(44(23,2)3)66-42-38(59)36(57)33(54)28(65-42)20-62-41-37(58)34(55)31(52)26(18-49)63-41/h9,21-22,24-43,49-61H,10-20H2,1-8H3/t21-,22-,24-,25-,26-,27-,28-,29-,30+,31-,32-,33-,34+,35+,36+,37-,38-,39-,40+,41-,42+,43+,46+,47-,48+/m1/s1. The van der Waals surface area contributed by atoms with E-state index in [0.717, 1.165) is 38.5 Å². The maximum atomic E-state index is 11.5. The molecule has 19 heteroatoms. The molecule has 0 spiro atoms. The summed E-state index contributed by atoms with van der Waals surface area (Å²) < 4.78 is 35.1. The predicted octanol–water partition coefficient (Wildman–Crippen LogP) is -1.06. The van der Waals surface area contributed by atoms with Gasteiger partial charge in [0.2, 0.25) is 0 Å². The average molecular weight is 963 g/mol. The van der Waals surface area contributed by atoms with Crippen molar-refractivity contribution in [3.8, 4) is 0 Å². The molecule has 0 amide bonds. The molecule has 67 heavy (non-hydrogen) atoms. The van der Waals surface area contributed by atoms with Crippen molar-refractivity contribution in [3.05, 3.63) is 11.6 Å². The van der Waals surface area contributed by atoms with Crippen LogP contribution in [0.4, 0.5) is 0 Å². The fourth-order valence-electron chi connectivity index (χ4n) is 14.3. The second kappa shape index (κ2) is 19.8. The van der Waals surface area contributed by atoms with E-state index in [2.05, 4.69) is 47.6 Å². The van der Waals surface area contributed by atoms with Crippen molar-refractivity contribution in [2.75, 3.05) is 19.8 Å². The minimum absolute atomic E-state index is 0.0287. The highest BCUT2D eigenvalue weighted by Gasteiger charge is 2.68. The summed E-state index contributed by atoms with van der Waals surface area (Å²) in [5, 5.41) is 137. The van der Waals surface area contributed by atoms with Crippen molar-refractivity contribution < 1.29 is 94.8 Å². The molecule has 3 saturated heterocycles. The van der Waals surface area contributed by atoms with Gasteiger partial charge in [0.05, 0.1) is 37.6 Å². The SMILES string of the molecule is C[C@H](C[C@@H](O)[C@H](O)C(C)(C)O[C@@H]1O[C@H](CO)[C@@H](O)[C@H](O)[C@H]1O)[C@H]1CC[C@@]2(C)[C@@H]3CC=C4[C@@H](CC[C@H](O[C@@H]5O[C@H](CO[C@@H]6O[C@H](CO)[C@@H](O)[C@H](O)[C@H]6O)[C@@H](O)[C@H](O)[C@H]5O)C4(C)C)[C@]3(C)CC[C@]12C. The molecule has 0 aromatic rings. The first-order valence-electron chi connectivity index (χ1n) is 24.5. The summed E-state index contributed by atoms with van der Waals surface area (Å²) >= 11 is 0. The topological polar surface area (TPSA) is 318 Å². The monoisotopic (exact) mass is 963 g/mol. The molecule has 3 heterocycles. The Balaban J connectivity index is 0.996. The van der Waals surface area contributed by atoms with Crippen LogP contribution in [0.3, 0.4) is 0 Å². The van der Waals surface area contributed by atoms with Crippen molar-refractivity contribution >= 4 is 0 Å². The van der Waals surface area contributed by atoms with Gasteiger partial charge in [0.15, 0.2) is 18.9 Å². The molecular weight excluding hydrogens is 881 g/mol. The highest BCUT2D eigenvalue weighted by molar-refractivity contribution is 5.30. The normalized spacial score (nSPS) is 50.3. The zero-order valence-electron chi connectivity index (χ0n) is 40.3. The number of fused-ring (bicyclic) bond motifs is 5. The van der Waals surface area contributed by atoms with Crippen LogP contribution in [0.2, 0.25) is 0 Å². The van der Waals surface area contributed by atoms with Crippen LogP contribution in [0.25, 0.3) is 0 Å². The number of allylic oxidation sites excluding steroid dienone is 1. The van der Waals surface area contributed by atoms with Crippen molar-refractivity contribution in [1.82, 2.24) is 0 Å². The third-order valence-corrected chi connectivity index (χ3v) is 18.7. The van der Waals surface area contributed by atoms with Gasteiger partial charge in [-0.25, -0.2) is 0 Å². The fraction of sp³-hybridized carbons (Fsp3) is 0.958. The Bertz CT molecular complexity index is 1710. The Hall–Kier alpha value is -1.02. The van der Waals surface area contributed by atoms with Gasteiger partial charge in [-0.2, -0.15) is 0 Å². The predicted molar refractivity (Wildman–Crippen MR) is 235 cm³/mol. The molecule has 6 fully saturated rings. The first-order valence-corrected chi connectivity index (χ1v) is 24.5. The number of hydrogen-bond acceptors (Lipinski definition) is 19. The van der Waals surface area contributed by atoms with E-state index >= 15 is 0 Å². The third kappa shape index (κ3) is 9.24. The Labute approximate surface area is 393 Å². The van der Waals surface area contributed by atoms with Crippen LogP contribution in [0.1, 0.15) is 107 Å². The zero-order chi connectivity index (χ0) is 49.5. The molecule has 0 bridgehead atoms. The van der Waals surface area contributed by atoms with Crippen LogP contribution in [0, 0.1) is 45.3 Å². The molecule has 3 aliphatic heterocycles. The first kappa shape index (κ1) is 53.8. The second-order valence-electron chi connectivity index (χ2n) is 23.1. The molecule has 0 aromatic carbocycles. The van der Waals surface area contributed by atoms with Gasteiger partial charge < -0.3 is 94.8 Å². The quantitative estimate of drug-likeness (QED) is 0.0924. The number of ether oxygens (including phenoxy) is 6. The lowest BCUT2D eigenvalue weighted by molar-refractivity contribution is -0.340. The molecule has 0 radical (unpaired) electrons. The van der Waals surface area contributed by atoms with E-state index in [1.165, 1.54) is 5.57 Å². The Morgan fingerprint density at radius 1 is 0.657 bits per heavy atom. The largest absolute Gasteiger partial charge is 0.394 e. The minimum Gasteiger partial charge on any atom is -0.394 e. The number of rotatable bonds is 14. The fourth-order valence-corrected chi connectivity index (χ4v) is 14.3. The molecule has 388 valence electrons. The lowest BCUT2D eigenvalue weighted by Gasteiger charge is -2.66. The van der Waals surface area contributed by atoms with Crippen molar-refractivity contribution in [2.45, 2.75) is 223 Å². The van der Waals surface area contributed by atoms with E-state index < -0.39 is 141 Å². The zero-order valence-corrected chi connectivity index (χ0v) is 40.3. The summed E-state index contributed by atoms with van der Waals surface area (Å²) in [7, 11) is 0. The summed E-state index contributed by atoms with van der Waals surface area (Å²) in [6.45, 7) is 15.1. The highest BCUT2D eigenvalue weighted by Crippen LogP contribution is 2.75. The van der Waals surface area contributed by atoms with E-state index in [0.29, 0.717) is 18.8 Å². The van der Waals surface area contributed by atoms with Gasteiger partial charge in [0.1, 0.15) is 79.4 Å². The van der Waals surface area contributed by atoms with Crippen molar-refractivity contribution in [2.24, 2.45) is 45.3 Å². The van der Waals surface area contributed by atoms with Crippen LogP contribution in [-0.2, 0) is 28.4 Å². The summed E-state index contributed by atoms with van der Waals surface area (Å²) in [6.07, 6.45) is -16.6. The van der Waals surface area contributed by atoms with Crippen LogP contribution < -0.4 is 0 Å². The first-order chi connectivity index (χ1) is 31.2. The van der Waals surface area contributed by atoms with Crippen LogP contribution in [0.5, 0.6) is 0 Å². The smallest absolute Gasteiger partial charge is 0.187 e. The molecule has 0 aromatic heterocycles. The number of aliphatic hydroxyl groups is 13. The molecule has 0 unspecified atom stereocenters. The number of aliphatic hydroxyl groups excluding tert-OH is 13. The lowest BCUT2D eigenvalue weighted by Crippen LogP contribution is -2.63. The molecule has 4 aliphatic carbocycles. The molecule has 7 aliphatic rings. The minimum atomic E-state index is -1.68. The van der Waals surface area contributed by atoms with E-state index in [1.807, 2.05) is 0 Å². The summed E-state index contributed by atoms with van der Waals surface area (Å²) in [5.41, 5.74) is -0.785. The van der Waals surface area contributed by atoms with Gasteiger partial charge >= 0.3 is 0 Å². The van der Waals surface area contributed by atoms with Crippen LogP contribution >= 0.6 is 0 Å². The van der Waals surface area contributed by atoms with Crippen molar-refractivity contribution in [3.63, 3.8) is 0 Å². The summed E-state index contributed by atoms with van der Waals surface area (Å²) in [5.74, 6) is 0.905. The lowest BCUT2D eigenvalue weighted by atomic mass is 9.39. The van der Waals surface area contributed by atoms with Gasteiger partial charge in [0, 0.05) is 5.41 Å². The maximum Gasteiger partial charge on any atom is 0.187 e. The number of hydrogen-bond donors (Lipinski definition) is 13. The van der Waals surface area contributed by atoms with Crippen LogP contribution in [0.15, 0.2) is 11.6 Å². The molecule has 19 nitrogen and oxygen atoms in total. The van der Waals surface area contributed by atoms with Crippen molar-refractivity contribution in [1.29, 1.82) is 0 Å². The summed E-state index contributed by atoms with van der Waals surface area (Å²) in [4.78, 5) is 0. The average Bonchev–Trinajstić information content (AvgIpc) is 3.56. The van der Waals surface area contributed by atoms with Gasteiger partial charge in [-0.05, 0) is 105 Å². The molecular formula is C48H82O19. The van der Waals surface area contributed by atoms with Gasteiger partial charge in [0.25, 0.3) is 0 Å². The molecule has 13 N–H and O–H groups in total. The van der Waals surface area contributed by atoms with Gasteiger partial charge in [-0.15, -0.1) is 0 Å². The Morgan fingerprint density at radius 2 is 1.19 bits per heavy atom. The summed E-state index contributed by atoms with van der Waals surface area (Å²) in [6, 6.07) is 0.